The average Bonchev–Trinajstić information content (AvgIpc) is 2.56. The minimum absolute atomic E-state index is 0.0280. The normalized spacial score (nSPS) is 13.4. The molecule has 1 rings (SSSR count). The number of carbonyl (C=O) groups excluding carboxylic acids is 2. The van der Waals surface area contributed by atoms with E-state index in [1.807, 2.05) is 45.9 Å². The van der Waals surface area contributed by atoms with Crippen LogP contribution in [0.4, 0.5) is 0 Å². The lowest BCUT2D eigenvalue weighted by Crippen LogP contribution is -2.51. The predicted octanol–water partition coefficient (Wildman–Crippen LogP) is 4.22. The SMILES string of the molecule is CCCCCCC(C)NC(=O)C(NC(=O)c1ccccc1C)C(C)C. The highest BCUT2D eigenvalue weighted by molar-refractivity contribution is 5.98. The lowest BCUT2D eigenvalue weighted by Gasteiger charge is -2.24. The van der Waals surface area contributed by atoms with Crippen LogP contribution in [0, 0.1) is 12.8 Å². The van der Waals surface area contributed by atoms with E-state index in [9.17, 15) is 9.59 Å². The minimum Gasteiger partial charge on any atom is -0.352 e. The van der Waals surface area contributed by atoms with E-state index in [0.29, 0.717) is 5.56 Å². The summed E-state index contributed by atoms with van der Waals surface area (Å²) in [5, 5.41) is 5.96. The molecule has 1 aromatic rings. The van der Waals surface area contributed by atoms with E-state index < -0.39 is 6.04 Å². The van der Waals surface area contributed by atoms with Gasteiger partial charge in [0.2, 0.25) is 5.91 Å². The van der Waals surface area contributed by atoms with Gasteiger partial charge in [-0.2, -0.15) is 0 Å². The molecule has 4 heteroatoms. The second-order valence-electron chi connectivity index (χ2n) is 7.27. The molecule has 2 atom stereocenters. The number of rotatable bonds is 10. The molecule has 2 N–H and O–H groups in total. The maximum Gasteiger partial charge on any atom is 0.252 e. The molecule has 140 valence electrons. The van der Waals surface area contributed by atoms with Crippen molar-refractivity contribution in [1.82, 2.24) is 10.6 Å². The number of hydrogen-bond acceptors (Lipinski definition) is 2. The summed E-state index contributed by atoms with van der Waals surface area (Å²) in [5.74, 6) is -0.261. The zero-order valence-electron chi connectivity index (χ0n) is 16.4. The fraction of sp³-hybridized carbons (Fsp3) is 0.619. The van der Waals surface area contributed by atoms with Gasteiger partial charge in [0.15, 0.2) is 0 Å². The second kappa shape index (κ2) is 10.9. The molecule has 4 nitrogen and oxygen atoms in total. The standard InChI is InChI=1S/C21H34N2O2/c1-6-7-8-9-13-17(5)22-21(25)19(15(2)3)23-20(24)18-14-11-10-12-16(18)4/h10-12,14-15,17,19H,6-9,13H2,1-5H3,(H,22,25)(H,23,24). The Morgan fingerprint density at radius 3 is 2.28 bits per heavy atom. The van der Waals surface area contributed by atoms with Crippen molar-refractivity contribution < 1.29 is 9.59 Å². The highest BCUT2D eigenvalue weighted by Crippen LogP contribution is 2.10. The minimum atomic E-state index is -0.523. The van der Waals surface area contributed by atoms with Gasteiger partial charge in [0.1, 0.15) is 6.04 Å². The molecule has 0 bridgehead atoms. The average molecular weight is 347 g/mol. The van der Waals surface area contributed by atoms with Crippen LogP contribution in [-0.4, -0.2) is 23.9 Å². The molecule has 2 unspecified atom stereocenters. The molecular weight excluding hydrogens is 312 g/mol. The zero-order valence-corrected chi connectivity index (χ0v) is 16.4. The van der Waals surface area contributed by atoms with Crippen molar-refractivity contribution in [2.75, 3.05) is 0 Å². The van der Waals surface area contributed by atoms with Gasteiger partial charge in [0, 0.05) is 11.6 Å². The topological polar surface area (TPSA) is 58.2 Å². The summed E-state index contributed by atoms with van der Waals surface area (Å²) in [6.07, 6.45) is 5.75. The first-order chi connectivity index (χ1) is 11.9. The summed E-state index contributed by atoms with van der Waals surface area (Å²) in [4.78, 5) is 25.1. The Morgan fingerprint density at radius 2 is 1.68 bits per heavy atom. The van der Waals surface area contributed by atoms with Crippen LogP contribution in [-0.2, 0) is 4.79 Å². The predicted molar refractivity (Wildman–Crippen MR) is 104 cm³/mol. The molecule has 0 radical (unpaired) electrons. The molecule has 0 aromatic heterocycles. The van der Waals surface area contributed by atoms with Crippen LogP contribution in [0.3, 0.4) is 0 Å². The summed E-state index contributed by atoms with van der Waals surface area (Å²) < 4.78 is 0. The Bertz CT molecular complexity index is 555. The van der Waals surface area contributed by atoms with Gasteiger partial charge in [0.05, 0.1) is 0 Å². The van der Waals surface area contributed by atoms with Crippen molar-refractivity contribution >= 4 is 11.8 Å². The lowest BCUT2D eigenvalue weighted by atomic mass is 10.0. The van der Waals surface area contributed by atoms with Crippen molar-refractivity contribution in [3.8, 4) is 0 Å². The number of amides is 2. The fourth-order valence-corrected chi connectivity index (χ4v) is 2.86. The third-order valence-corrected chi connectivity index (χ3v) is 4.50. The van der Waals surface area contributed by atoms with Crippen molar-refractivity contribution in [1.29, 1.82) is 0 Å². The number of nitrogens with one attached hydrogen (secondary N) is 2. The second-order valence-corrected chi connectivity index (χ2v) is 7.27. The van der Waals surface area contributed by atoms with Gasteiger partial charge >= 0.3 is 0 Å². The van der Waals surface area contributed by atoms with Gasteiger partial charge in [-0.1, -0.05) is 64.7 Å². The molecule has 1 aromatic carbocycles. The highest BCUT2D eigenvalue weighted by atomic mass is 16.2. The van der Waals surface area contributed by atoms with Gasteiger partial charge in [-0.3, -0.25) is 9.59 Å². The molecule has 0 heterocycles. The van der Waals surface area contributed by atoms with E-state index in [1.54, 1.807) is 6.07 Å². The van der Waals surface area contributed by atoms with Gasteiger partial charge in [0.25, 0.3) is 5.91 Å². The maximum absolute atomic E-state index is 12.6. The van der Waals surface area contributed by atoms with Crippen LogP contribution in [0.15, 0.2) is 24.3 Å². The molecule has 0 fully saturated rings. The zero-order chi connectivity index (χ0) is 18.8. The highest BCUT2D eigenvalue weighted by Gasteiger charge is 2.25. The van der Waals surface area contributed by atoms with Gasteiger partial charge < -0.3 is 10.6 Å². The van der Waals surface area contributed by atoms with Crippen LogP contribution in [0.2, 0.25) is 0 Å². The Labute approximate surface area is 152 Å². The summed E-state index contributed by atoms with van der Waals surface area (Å²) >= 11 is 0. The Morgan fingerprint density at radius 1 is 1.00 bits per heavy atom. The lowest BCUT2D eigenvalue weighted by molar-refractivity contribution is -0.124. The molecule has 0 saturated carbocycles. The monoisotopic (exact) mass is 346 g/mol. The van der Waals surface area contributed by atoms with E-state index in [1.165, 1.54) is 19.3 Å². The molecule has 0 aliphatic carbocycles. The first-order valence-electron chi connectivity index (χ1n) is 9.53. The molecule has 0 saturated heterocycles. The summed E-state index contributed by atoms with van der Waals surface area (Å²) in [7, 11) is 0. The molecule has 2 amide bonds. The Kier molecular flexibility index (Phi) is 9.25. The first kappa shape index (κ1) is 21.2. The number of aryl methyl sites for hydroxylation is 1. The Hall–Kier alpha value is -1.84. The van der Waals surface area contributed by atoms with Gasteiger partial charge in [-0.05, 0) is 37.8 Å². The molecule has 25 heavy (non-hydrogen) atoms. The van der Waals surface area contributed by atoms with Crippen LogP contribution in [0.25, 0.3) is 0 Å². The maximum atomic E-state index is 12.6. The smallest absolute Gasteiger partial charge is 0.252 e. The van der Waals surface area contributed by atoms with Crippen LogP contribution in [0.1, 0.15) is 75.7 Å². The number of benzene rings is 1. The molecule has 0 spiro atoms. The summed E-state index contributed by atoms with van der Waals surface area (Å²) in [5.41, 5.74) is 1.53. The van der Waals surface area contributed by atoms with E-state index in [2.05, 4.69) is 17.6 Å². The first-order valence-corrected chi connectivity index (χ1v) is 9.53. The fourth-order valence-electron chi connectivity index (χ4n) is 2.86. The number of carbonyl (C=O) groups is 2. The third-order valence-electron chi connectivity index (χ3n) is 4.50. The van der Waals surface area contributed by atoms with Crippen LogP contribution >= 0.6 is 0 Å². The number of unbranched alkanes of at least 4 members (excludes halogenated alkanes) is 3. The van der Waals surface area contributed by atoms with Crippen LogP contribution in [0.5, 0.6) is 0 Å². The van der Waals surface area contributed by atoms with Crippen molar-refractivity contribution in [2.45, 2.75) is 78.8 Å². The van der Waals surface area contributed by atoms with Crippen molar-refractivity contribution in [3.05, 3.63) is 35.4 Å². The van der Waals surface area contributed by atoms with Crippen molar-refractivity contribution in [3.63, 3.8) is 0 Å². The van der Waals surface area contributed by atoms with E-state index in [-0.39, 0.29) is 23.8 Å². The van der Waals surface area contributed by atoms with E-state index in [4.69, 9.17) is 0 Å². The largest absolute Gasteiger partial charge is 0.352 e. The van der Waals surface area contributed by atoms with Crippen molar-refractivity contribution in [2.24, 2.45) is 5.92 Å². The quantitative estimate of drug-likeness (QED) is 0.623. The summed E-state index contributed by atoms with van der Waals surface area (Å²) in [6, 6.07) is 7.03. The summed E-state index contributed by atoms with van der Waals surface area (Å²) in [6.45, 7) is 10.0. The molecule has 0 aliphatic rings. The Balaban J connectivity index is 2.62. The van der Waals surface area contributed by atoms with E-state index in [0.717, 1.165) is 18.4 Å². The van der Waals surface area contributed by atoms with Gasteiger partial charge in [-0.25, -0.2) is 0 Å². The molecule has 0 aliphatic heterocycles. The van der Waals surface area contributed by atoms with Crippen LogP contribution < -0.4 is 10.6 Å². The number of hydrogen-bond donors (Lipinski definition) is 2. The third kappa shape index (κ3) is 7.29. The van der Waals surface area contributed by atoms with E-state index >= 15 is 0 Å². The van der Waals surface area contributed by atoms with Gasteiger partial charge in [-0.15, -0.1) is 0 Å². The molecular formula is C21H34N2O2.